The van der Waals surface area contributed by atoms with Crippen LogP contribution in [0.3, 0.4) is 0 Å². The van der Waals surface area contributed by atoms with E-state index in [9.17, 15) is 18.0 Å². The highest BCUT2D eigenvalue weighted by Crippen LogP contribution is 2.31. The first-order chi connectivity index (χ1) is 14.2. The van der Waals surface area contributed by atoms with Gasteiger partial charge in [0.05, 0.1) is 11.3 Å². The number of benzene rings is 2. The largest absolute Gasteiger partial charge is 0.416 e. The zero-order valence-corrected chi connectivity index (χ0v) is 17.9. The van der Waals surface area contributed by atoms with Crippen molar-refractivity contribution in [2.24, 2.45) is 0 Å². The summed E-state index contributed by atoms with van der Waals surface area (Å²) in [4.78, 5) is 19.8. The highest BCUT2D eigenvalue weighted by atomic mass is 32.2. The van der Waals surface area contributed by atoms with Crippen LogP contribution >= 0.6 is 35.3 Å². The second-order valence-electron chi connectivity index (χ2n) is 6.50. The minimum absolute atomic E-state index is 0.230. The molecule has 0 spiro atoms. The molecule has 2 heterocycles. The number of H-pyrrole nitrogens is 1. The topological polar surface area (TPSA) is 50.7 Å². The van der Waals surface area contributed by atoms with Gasteiger partial charge in [-0.1, -0.05) is 59.5 Å². The fourth-order valence-corrected chi connectivity index (χ4v) is 5.03. The summed E-state index contributed by atoms with van der Waals surface area (Å²) in [5.74, 6) is 0.230. The maximum Gasteiger partial charge on any atom is 0.416 e. The molecular weight excluding hydrogens is 451 g/mol. The van der Waals surface area contributed by atoms with Crippen LogP contribution in [0.25, 0.3) is 16.0 Å². The van der Waals surface area contributed by atoms with Crippen molar-refractivity contribution >= 4 is 45.7 Å². The number of hydrogen-bond donors (Lipinski definition) is 1. The Balaban J connectivity index is 1.72. The smallest absolute Gasteiger partial charge is 0.300 e. The number of nitrogens with zero attached hydrogens (tertiary/aromatic N) is 2. The predicted octanol–water partition coefficient (Wildman–Crippen LogP) is 6.12. The number of rotatable bonds is 4. The third-order valence-electron chi connectivity index (χ3n) is 4.41. The minimum atomic E-state index is -4.40. The number of fused-ring (bicyclic) bond motifs is 1. The Morgan fingerprint density at radius 3 is 2.70 bits per heavy atom. The zero-order chi connectivity index (χ0) is 21.5. The third-order valence-corrected chi connectivity index (χ3v) is 6.71. The molecule has 0 unspecified atom stereocenters. The van der Waals surface area contributed by atoms with Crippen molar-refractivity contribution in [3.05, 3.63) is 79.5 Å². The molecule has 0 amide bonds. The average molecular weight is 466 g/mol. The monoisotopic (exact) mass is 465 g/mol. The van der Waals surface area contributed by atoms with Crippen LogP contribution in [0.4, 0.5) is 13.2 Å². The predicted molar refractivity (Wildman–Crippen MR) is 116 cm³/mol. The standard InChI is InChI=1S/C20H14F3N3OS3/c1-11-5-2-3-8-14(11)26-16-15(30-19(26)28)17(27)25-18(24-16)29-10-12-6-4-7-13(9-12)20(21,22)23/h2-9H,10H2,1H3,(H,24,25,27). The van der Waals surface area contributed by atoms with Gasteiger partial charge in [0.2, 0.25) is 0 Å². The number of alkyl halides is 3. The van der Waals surface area contributed by atoms with Crippen LogP contribution in [0, 0.1) is 10.9 Å². The van der Waals surface area contributed by atoms with E-state index in [0.29, 0.717) is 25.0 Å². The Bertz CT molecular complexity index is 1360. The summed E-state index contributed by atoms with van der Waals surface area (Å²) >= 11 is 7.80. The van der Waals surface area contributed by atoms with Gasteiger partial charge in [0.15, 0.2) is 14.8 Å². The van der Waals surface area contributed by atoms with E-state index in [4.69, 9.17) is 12.2 Å². The Hall–Kier alpha value is -2.43. The zero-order valence-electron chi connectivity index (χ0n) is 15.5. The van der Waals surface area contributed by atoms with Gasteiger partial charge in [-0.2, -0.15) is 13.2 Å². The molecule has 0 atom stereocenters. The Morgan fingerprint density at radius 2 is 1.97 bits per heavy atom. The first kappa shape index (κ1) is 20.8. The molecule has 4 nitrogen and oxygen atoms in total. The van der Waals surface area contributed by atoms with Crippen molar-refractivity contribution in [2.45, 2.75) is 24.0 Å². The molecule has 0 aliphatic heterocycles. The van der Waals surface area contributed by atoms with E-state index in [2.05, 4.69) is 9.97 Å². The molecule has 0 saturated heterocycles. The number of para-hydroxylation sites is 1. The molecule has 2 aromatic heterocycles. The second kappa shape index (κ2) is 8.01. The molecule has 2 aromatic carbocycles. The molecule has 1 N–H and O–H groups in total. The summed E-state index contributed by atoms with van der Waals surface area (Å²) in [6, 6.07) is 12.7. The lowest BCUT2D eigenvalue weighted by Gasteiger charge is -2.09. The van der Waals surface area contributed by atoms with Gasteiger partial charge >= 0.3 is 6.18 Å². The summed E-state index contributed by atoms with van der Waals surface area (Å²) in [5, 5.41) is 0.319. The SMILES string of the molecule is Cc1ccccc1-n1c(=S)sc2c(=O)[nH]c(SCc3cccc(C(F)(F)F)c3)nc21. The van der Waals surface area contributed by atoms with Crippen molar-refractivity contribution < 1.29 is 13.2 Å². The molecule has 4 rings (SSSR count). The number of thiazole rings is 1. The lowest BCUT2D eigenvalue weighted by Crippen LogP contribution is -2.09. The molecule has 0 fully saturated rings. The van der Waals surface area contributed by atoms with Gasteiger partial charge in [-0.05, 0) is 42.4 Å². The minimum Gasteiger partial charge on any atom is -0.300 e. The fourth-order valence-electron chi connectivity index (χ4n) is 2.98. The first-order valence-corrected chi connectivity index (χ1v) is 11.0. The molecule has 10 heteroatoms. The number of hydrogen-bond acceptors (Lipinski definition) is 5. The molecule has 0 aliphatic rings. The van der Waals surface area contributed by atoms with Gasteiger partial charge < -0.3 is 4.98 Å². The number of halogens is 3. The number of thioether (sulfide) groups is 1. The quantitative estimate of drug-likeness (QED) is 0.224. The van der Waals surface area contributed by atoms with Gasteiger partial charge in [-0.15, -0.1) is 0 Å². The lowest BCUT2D eigenvalue weighted by atomic mass is 10.1. The maximum absolute atomic E-state index is 12.9. The van der Waals surface area contributed by atoms with E-state index in [-0.39, 0.29) is 11.3 Å². The Morgan fingerprint density at radius 1 is 1.20 bits per heavy atom. The van der Waals surface area contributed by atoms with E-state index >= 15 is 0 Å². The van der Waals surface area contributed by atoms with Gasteiger partial charge in [0, 0.05) is 5.75 Å². The Labute approximate surface area is 182 Å². The lowest BCUT2D eigenvalue weighted by molar-refractivity contribution is -0.137. The molecule has 154 valence electrons. The Kier molecular flexibility index (Phi) is 5.56. The highest BCUT2D eigenvalue weighted by molar-refractivity contribution is 7.98. The van der Waals surface area contributed by atoms with E-state index in [0.717, 1.165) is 35.1 Å². The molecular formula is C20H14F3N3OS3. The van der Waals surface area contributed by atoms with Crippen LogP contribution in [0.1, 0.15) is 16.7 Å². The average Bonchev–Trinajstić information content (AvgIpc) is 3.03. The summed E-state index contributed by atoms with van der Waals surface area (Å²) in [6.45, 7) is 1.94. The van der Waals surface area contributed by atoms with Crippen molar-refractivity contribution in [3.63, 3.8) is 0 Å². The van der Waals surface area contributed by atoms with E-state index in [1.807, 2.05) is 31.2 Å². The first-order valence-electron chi connectivity index (χ1n) is 8.75. The van der Waals surface area contributed by atoms with E-state index in [1.54, 1.807) is 10.6 Å². The number of aromatic nitrogens is 3. The number of aromatic amines is 1. The van der Waals surface area contributed by atoms with Crippen molar-refractivity contribution in [2.75, 3.05) is 0 Å². The van der Waals surface area contributed by atoms with Crippen molar-refractivity contribution in [3.8, 4) is 5.69 Å². The van der Waals surface area contributed by atoms with Crippen LogP contribution in [0.5, 0.6) is 0 Å². The summed E-state index contributed by atoms with van der Waals surface area (Å²) in [6.07, 6.45) is -4.40. The summed E-state index contributed by atoms with van der Waals surface area (Å²) in [7, 11) is 0. The van der Waals surface area contributed by atoms with E-state index in [1.165, 1.54) is 17.4 Å². The summed E-state index contributed by atoms with van der Waals surface area (Å²) < 4.78 is 41.4. The number of nitrogens with one attached hydrogen (secondary N) is 1. The van der Waals surface area contributed by atoms with Gasteiger partial charge in [0.1, 0.15) is 4.70 Å². The molecule has 30 heavy (non-hydrogen) atoms. The van der Waals surface area contributed by atoms with Crippen LogP contribution in [0.15, 0.2) is 58.5 Å². The fraction of sp³-hybridized carbons (Fsp3) is 0.150. The third kappa shape index (κ3) is 4.07. The summed E-state index contributed by atoms with van der Waals surface area (Å²) in [5.41, 5.74) is 1.71. The maximum atomic E-state index is 12.9. The highest BCUT2D eigenvalue weighted by Gasteiger charge is 2.30. The van der Waals surface area contributed by atoms with Gasteiger partial charge in [-0.3, -0.25) is 9.36 Å². The second-order valence-corrected chi connectivity index (χ2v) is 9.11. The molecule has 0 bridgehead atoms. The van der Waals surface area contributed by atoms with E-state index < -0.39 is 11.7 Å². The molecule has 0 saturated carbocycles. The molecule has 0 aliphatic carbocycles. The number of aryl methyl sites for hydroxylation is 1. The van der Waals surface area contributed by atoms with Crippen LogP contribution in [-0.4, -0.2) is 14.5 Å². The van der Waals surface area contributed by atoms with Gasteiger partial charge in [0.25, 0.3) is 5.56 Å². The van der Waals surface area contributed by atoms with Crippen molar-refractivity contribution in [1.82, 2.24) is 14.5 Å². The van der Waals surface area contributed by atoms with Gasteiger partial charge in [-0.25, -0.2) is 4.98 Å². The molecule has 0 radical (unpaired) electrons. The van der Waals surface area contributed by atoms with Crippen LogP contribution in [-0.2, 0) is 11.9 Å². The molecule has 4 aromatic rings. The van der Waals surface area contributed by atoms with Crippen molar-refractivity contribution in [1.29, 1.82) is 0 Å². The van der Waals surface area contributed by atoms with Crippen LogP contribution in [0.2, 0.25) is 0 Å². The normalized spacial score (nSPS) is 11.9. The van der Waals surface area contributed by atoms with Crippen LogP contribution < -0.4 is 5.56 Å².